The Balaban J connectivity index is 2.08. The summed E-state index contributed by atoms with van der Waals surface area (Å²) in [5.74, 6) is -0.368. The summed E-state index contributed by atoms with van der Waals surface area (Å²) in [7, 11) is 1.79. The minimum absolute atomic E-state index is 0.158. The van der Waals surface area contributed by atoms with Gasteiger partial charge in [0.2, 0.25) is 0 Å². The van der Waals surface area contributed by atoms with Gasteiger partial charge in [0.05, 0.1) is 18.0 Å². The molecule has 18 heavy (non-hydrogen) atoms. The second-order valence-corrected chi connectivity index (χ2v) is 4.16. The summed E-state index contributed by atoms with van der Waals surface area (Å²) in [6.45, 7) is 0.268. The summed E-state index contributed by atoms with van der Waals surface area (Å²) in [6.07, 6.45) is 3.33. The first-order valence-corrected chi connectivity index (χ1v) is 5.57. The van der Waals surface area contributed by atoms with Gasteiger partial charge in [0.1, 0.15) is 6.61 Å². The van der Waals surface area contributed by atoms with E-state index in [9.17, 15) is 4.79 Å². The van der Waals surface area contributed by atoms with Gasteiger partial charge in [-0.3, -0.25) is 4.68 Å². The molecular weight excluding hydrogens is 256 g/mol. The van der Waals surface area contributed by atoms with Crippen molar-refractivity contribution in [3.05, 3.63) is 46.7 Å². The van der Waals surface area contributed by atoms with Crippen LogP contribution in [0.2, 0.25) is 5.02 Å². The molecule has 0 aliphatic carbocycles. The minimum atomic E-state index is -1.00. The van der Waals surface area contributed by atoms with Gasteiger partial charge in [-0.1, -0.05) is 17.7 Å². The second-order valence-electron chi connectivity index (χ2n) is 3.75. The van der Waals surface area contributed by atoms with Gasteiger partial charge in [-0.25, -0.2) is 4.79 Å². The number of hydrogen-bond donors (Lipinski definition) is 1. The van der Waals surface area contributed by atoms with Crippen molar-refractivity contribution in [1.29, 1.82) is 0 Å². The molecule has 5 nitrogen and oxygen atoms in total. The summed E-state index contributed by atoms with van der Waals surface area (Å²) >= 11 is 5.98. The molecule has 1 aromatic heterocycles. The summed E-state index contributed by atoms with van der Waals surface area (Å²) in [4.78, 5) is 10.7. The van der Waals surface area contributed by atoms with Gasteiger partial charge in [-0.2, -0.15) is 5.10 Å². The van der Waals surface area contributed by atoms with Gasteiger partial charge in [-0.05, 0) is 12.1 Å². The number of benzene rings is 1. The fourth-order valence-electron chi connectivity index (χ4n) is 1.43. The van der Waals surface area contributed by atoms with Crippen LogP contribution in [0.15, 0.2) is 30.6 Å². The predicted molar refractivity (Wildman–Crippen MR) is 66.0 cm³/mol. The molecule has 6 heteroatoms. The van der Waals surface area contributed by atoms with Gasteiger partial charge >= 0.3 is 5.97 Å². The van der Waals surface area contributed by atoms with Crippen molar-refractivity contribution >= 4 is 17.6 Å². The third-order valence-corrected chi connectivity index (χ3v) is 2.73. The van der Waals surface area contributed by atoms with E-state index in [4.69, 9.17) is 21.4 Å². The number of halogens is 1. The minimum Gasteiger partial charge on any atom is -0.486 e. The van der Waals surface area contributed by atoms with Crippen molar-refractivity contribution in [1.82, 2.24) is 9.78 Å². The van der Waals surface area contributed by atoms with Crippen LogP contribution < -0.4 is 4.74 Å². The number of ether oxygens (including phenoxy) is 1. The maximum absolute atomic E-state index is 10.7. The molecule has 0 spiro atoms. The molecule has 0 unspecified atom stereocenters. The summed E-state index contributed by atoms with van der Waals surface area (Å²) in [6, 6.07) is 4.55. The van der Waals surface area contributed by atoms with Gasteiger partial charge in [0.15, 0.2) is 5.75 Å². The highest BCUT2D eigenvalue weighted by molar-refractivity contribution is 6.31. The Kier molecular flexibility index (Phi) is 3.53. The van der Waals surface area contributed by atoms with Crippen LogP contribution in [-0.2, 0) is 13.7 Å². The Morgan fingerprint density at radius 1 is 1.56 bits per heavy atom. The number of aromatic carboxylic acids is 1. The van der Waals surface area contributed by atoms with Crippen LogP contribution in [0.25, 0.3) is 0 Å². The van der Waals surface area contributed by atoms with Crippen molar-refractivity contribution in [3.63, 3.8) is 0 Å². The predicted octanol–water partition coefficient (Wildman–Crippen LogP) is 2.35. The molecule has 0 fully saturated rings. The first-order valence-electron chi connectivity index (χ1n) is 5.19. The number of aryl methyl sites for hydroxylation is 1. The number of carbonyl (C=O) groups is 1. The topological polar surface area (TPSA) is 64.3 Å². The number of carboxylic acids is 1. The van der Waals surface area contributed by atoms with Crippen LogP contribution in [0.1, 0.15) is 15.9 Å². The zero-order valence-electron chi connectivity index (χ0n) is 9.63. The number of nitrogens with zero attached hydrogens (tertiary/aromatic N) is 2. The second kappa shape index (κ2) is 5.10. The SMILES string of the molecule is Cn1cc(OCc2ccc(C(=O)O)cc2Cl)cn1. The van der Waals surface area contributed by atoms with Gasteiger partial charge in [0, 0.05) is 17.6 Å². The smallest absolute Gasteiger partial charge is 0.335 e. The lowest BCUT2D eigenvalue weighted by Crippen LogP contribution is -2.00. The average Bonchev–Trinajstić information content (AvgIpc) is 2.73. The maximum Gasteiger partial charge on any atom is 0.335 e. The number of aromatic nitrogens is 2. The molecule has 0 saturated carbocycles. The molecule has 94 valence electrons. The van der Waals surface area contributed by atoms with E-state index in [1.807, 2.05) is 0 Å². The zero-order chi connectivity index (χ0) is 13.1. The molecule has 0 amide bonds. The monoisotopic (exact) mass is 266 g/mol. The van der Waals surface area contributed by atoms with Crippen LogP contribution in [0.4, 0.5) is 0 Å². The molecule has 0 aliphatic rings. The standard InChI is InChI=1S/C12H11ClN2O3/c1-15-6-10(5-14-15)18-7-9-3-2-8(12(16)17)4-11(9)13/h2-6H,7H2,1H3,(H,16,17). The van der Waals surface area contributed by atoms with E-state index in [2.05, 4.69) is 5.10 Å². The maximum atomic E-state index is 10.7. The van der Waals surface area contributed by atoms with E-state index in [1.165, 1.54) is 12.1 Å². The molecule has 1 heterocycles. The fraction of sp³-hybridized carbons (Fsp3) is 0.167. The average molecular weight is 267 g/mol. The summed E-state index contributed by atoms with van der Waals surface area (Å²) in [5, 5.41) is 13.2. The normalized spacial score (nSPS) is 10.3. The highest BCUT2D eigenvalue weighted by atomic mass is 35.5. The van der Waals surface area contributed by atoms with E-state index < -0.39 is 5.97 Å². The first kappa shape index (κ1) is 12.4. The molecule has 0 atom stereocenters. The zero-order valence-corrected chi connectivity index (χ0v) is 10.4. The van der Waals surface area contributed by atoms with E-state index in [1.54, 1.807) is 30.2 Å². The van der Waals surface area contributed by atoms with Gasteiger partial charge in [0.25, 0.3) is 0 Å². The van der Waals surface area contributed by atoms with Crippen molar-refractivity contribution in [2.45, 2.75) is 6.61 Å². The molecule has 0 saturated heterocycles. The Bertz CT molecular complexity index is 580. The lowest BCUT2D eigenvalue weighted by atomic mass is 10.1. The highest BCUT2D eigenvalue weighted by Gasteiger charge is 2.07. The van der Waals surface area contributed by atoms with Crippen molar-refractivity contribution < 1.29 is 14.6 Å². The number of carboxylic acid groups (broad SMARTS) is 1. The fourth-order valence-corrected chi connectivity index (χ4v) is 1.67. The molecule has 0 radical (unpaired) electrons. The van der Waals surface area contributed by atoms with Crippen molar-refractivity contribution in [2.24, 2.45) is 7.05 Å². The van der Waals surface area contributed by atoms with Crippen LogP contribution >= 0.6 is 11.6 Å². The van der Waals surface area contributed by atoms with Gasteiger partial charge in [-0.15, -0.1) is 0 Å². The Hall–Kier alpha value is -2.01. The molecule has 1 N–H and O–H groups in total. The molecule has 2 rings (SSSR count). The van der Waals surface area contributed by atoms with Crippen LogP contribution in [-0.4, -0.2) is 20.9 Å². The van der Waals surface area contributed by atoms with Crippen LogP contribution in [0.5, 0.6) is 5.75 Å². The van der Waals surface area contributed by atoms with E-state index in [-0.39, 0.29) is 12.2 Å². The van der Waals surface area contributed by atoms with E-state index >= 15 is 0 Å². The molecule has 0 bridgehead atoms. The Morgan fingerprint density at radius 3 is 2.89 bits per heavy atom. The Morgan fingerprint density at radius 2 is 2.33 bits per heavy atom. The van der Waals surface area contributed by atoms with Crippen molar-refractivity contribution in [3.8, 4) is 5.75 Å². The third-order valence-electron chi connectivity index (χ3n) is 2.38. The third kappa shape index (κ3) is 2.81. The van der Waals surface area contributed by atoms with Crippen LogP contribution in [0.3, 0.4) is 0 Å². The molecule has 2 aromatic rings. The highest BCUT2D eigenvalue weighted by Crippen LogP contribution is 2.20. The summed E-state index contributed by atoms with van der Waals surface area (Å²) < 4.78 is 7.11. The number of hydrogen-bond acceptors (Lipinski definition) is 3. The summed E-state index contributed by atoms with van der Waals surface area (Å²) in [5.41, 5.74) is 0.885. The molecule has 0 aliphatic heterocycles. The van der Waals surface area contributed by atoms with Gasteiger partial charge < -0.3 is 9.84 Å². The lowest BCUT2D eigenvalue weighted by Gasteiger charge is -2.06. The van der Waals surface area contributed by atoms with Crippen molar-refractivity contribution in [2.75, 3.05) is 0 Å². The first-order chi connectivity index (χ1) is 8.56. The lowest BCUT2D eigenvalue weighted by molar-refractivity contribution is 0.0697. The molecular formula is C12H11ClN2O3. The largest absolute Gasteiger partial charge is 0.486 e. The van der Waals surface area contributed by atoms with E-state index in [0.29, 0.717) is 10.8 Å². The molecule has 1 aromatic carbocycles. The Labute approximate surface area is 109 Å². The number of rotatable bonds is 4. The quantitative estimate of drug-likeness (QED) is 0.923. The van der Waals surface area contributed by atoms with E-state index in [0.717, 1.165) is 5.56 Å². The van der Waals surface area contributed by atoms with Crippen LogP contribution in [0, 0.1) is 0 Å².